The molecule has 1 unspecified atom stereocenters. The van der Waals surface area contributed by atoms with E-state index in [1.807, 2.05) is 18.2 Å². The zero-order valence-electron chi connectivity index (χ0n) is 20.4. The maximum absolute atomic E-state index is 15.7. The Morgan fingerprint density at radius 2 is 2.06 bits per heavy atom. The molecule has 4 rings (SSSR count). The monoisotopic (exact) mass is 513 g/mol. The first-order valence-corrected chi connectivity index (χ1v) is 13.1. The number of halogens is 1. The van der Waals surface area contributed by atoms with Crippen molar-refractivity contribution in [1.29, 1.82) is 0 Å². The molecule has 9 heteroatoms. The van der Waals surface area contributed by atoms with Crippen LogP contribution in [0.5, 0.6) is 5.75 Å². The number of aliphatic hydroxyl groups is 1. The Morgan fingerprint density at radius 3 is 2.72 bits per heavy atom. The summed E-state index contributed by atoms with van der Waals surface area (Å²) in [5, 5.41) is 21.5. The zero-order valence-corrected chi connectivity index (χ0v) is 21.2. The number of carboxylic acid groups (broad SMARTS) is 1. The summed E-state index contributed by atoms with van der Waals surface area (Å²) < 4.78 is 21.0. The first-order chi connectivity index (χ1) is 17.5. The molecule has 1 aliphatic heterocycles. The number of ether oxygens (including phenoxy) is 1. The molecule has 3 heterocycles. The minimum Gasteiger partial charge on any atom is -0.497 e. The number of likely N-dealkylation sites (tertiary alicyclic amines) is 1. The number of carboxylic acids is 1. The number of aliphatic carboxylic acids is 1. The third kappa shape index (κ3) is 5.96. The van der Waals surface area contributed by atoms with E-state index in [1.54, 1.807) is 36.2 Å². The van der Waals surface area contributed by atoms with Crippen LogP contribution >= 0.6 is 11.8 Å². The fourth-order valence-corrected chi connectivity index (χ4v) is 5.76. The highest BCUT2D eigenvalue weighted by Crippen LogP contribution is 2.41. The van der Waals surface area contributed by atoms with Gasteiger partial charge < -0.3 is 19.8 Å². The number of methoxy groups -OCH3 is 1. The van der Waals surface area contributed by atoms with Gasteiger partial charge in [-0.05, 0) is 69.1 Å². The fraction of sp³-hybridized carbons (Fsp3) is 0.444. The molecule has 7 nitrogen and oxygen atoms in total. The first-order valence-electron chi connectivity index (χ1n) is 12.2. The molecule has 0 saturated carbocycles. The molecule has 0 amide bonds. The van der Waals surface area contributed by atoms with Gasteiger partial charge in [-0.15, -0.1) is 11.8 Å². The van der Waals surface area contributed by atoms with E-state index in [2.05, 4.69) is 14.9 Å². The van der Waals surface area contributed by atoms with Crippen LogP contribution in [0, 0.1) is 5.41 Å². The lowest BCUT2D eigenvalue weighted by atomic mass is 9.74. The number of nitrogens with zero attached hydrogens (tertiary/aromatic N) is 3. The molecule has 1 aliphatic rings. The van der Waals surface area contributed by atoms with E-state index in [-0.39, 0.29) is 19.4 Å². The van der Waals surface area contributed by atoms with Crippen molar-refractivity contribution in [3.63, 3.8) is 0 Å². The zero-order chi connectivity index (χ0) is 25.5. The summed E-state index contributed by atoms with van der Waals surface area (Å²) in [6, 6.07) is 11.1. The lowest BCUT2D eigenvalue weighted by molar-refractivity contribution is -0.153. The number of hydrogen-bond acceptors (Lipinski definition) is 7. The molecule has 3 aromatic rings. The van der Waals surface area contributed by atoms with Crippen molar-refractivity contribution >= 4 is 28.6 Å². The molecule has 0 spiro atoms. The number of hydrogen-bond donors (Lipinski definition) is 2. The third-order valence-electron chi connectivity index (χ3n) is 7.12. The Kier molecular flexibility index (Phi) is 8.77. The van der Waals surface area contributed by atoms with Gasteiger partial charge in [-0.25, -0.2) is 9.37 Å². The average molecular weight is 514 g/mol. The van der Waals surface area contributed by atoms with E-state index in [9.17, 15) is 15.0 Å². The van der Waals surface area contributed by atoms with Gasteiger partial charge in [0.25, 0.3) is 0 Å². The second-order valence-corrected chi connectivity index (χ2v) is 10.3. The molecule has 1 atom stereocenters. The molecular formula is C27H32FN3O4S. The van der Waals surface area contributed by atoms with E-state index in [0.29, 0.717) is 53.7 Å². The van der Waals surface area contributed by atoms with E-state index < -0.39 is 17.6 Å². The van der Waals surface area contributed by atoms with Gasteiger partial charge in [0.05, 0.1) is 29.7 Å². The van der Waals surface area contributed by atoms with E-state index in [1.165, 1.54) is 13.3 Å². The first kappa shape index (κ1) is 26.3. The highest BCUT2D eigenvalue weighted by molar-refractivity contribution is 7.99. The number of aliphatic hydroxyl groups excluding tert-OH is 1. The molecule has 0 aliphatic carbocycles. The topological polar surface area (TPSA) is 95.8 Å². The summed E-state index contributed by atoms with van der Waals surface area (Å²) in [6.07, 6.45) is 3.11. The largest absolute Gasteiger partial charge is 0.497 e. The molecule has 0 bridgehead atoms. The summed E-state index contributed by atoms with van der Waals surface area (Å²) in [4.78, 5) is 23.3. The van der Waals surface area contributed by atoms with Crippen molar-refractivity contribution in [1.82, 2.24) is 14.9 Å². The van der Waals surface area contributed by atoms with Crippen molar-refractivity contribution in [2.75, 3.05) is 32.5 Å². The summed E-state index contributed by atoms with van der Waals surface area (Å²) in [7, 11) is 1.54. The predicted molar refractivity (Wildman–Crippen MR) is 138 cm³/mol. The highest BCUT2D eigenvalue weighted by atomic mass is 32.2. The number of fused-ring (bicyclic) bond motifs is 1. The minimum absolute atomic E-state index is 0.0607. The van der Waals surface area contributed by atoms with Crippen LogP contribution in [0.15, 0.2) is 53.8 Å². The standard InChI is InChI=1S/C27H32FN3O4S/c1-35-20-5-6-23-21(16-20)25(19(18-32)17-30-23)22(28)7-8-27(26(33)34)9-12-31(13-10-27)14-15-36-24-4-2-3-11-29-24/h2-6,11,16-17,22,32H,7-10,12-15,18H2,1H3,(H,33,34). The summed E-state index contributed by atoms with van der Waals surface area (Å²) in [5.41, 5.74) is 0.434. The van der Waals surface area contributed by atoms with Gasteiger partial charge in [0.1, 0.15) is 11.9 Å². The lowest BCUT2D eigenvalue weighted by Gasteiger charge is -2.39. The van der Waals surface area contributed by atoms with Gasteiger partial charge in [-0.3, -0.25) is 9.78 Å². The number of carbonyl (C=O) groups is 1. The van der Waals surface area contributed by atoms with Gasteiger partial charge in [-0.1, -0.05) is 6.07 Å². The van der Waals surface area contributed by atoms with Crippen molar-refractivity contribution < 1.29 is 24.1 Å². The fourth-order valence-electron chi connectivity index (χ4n) is 4.89. The second kappa shape index (κ2) is 12.0. The smallest absolute Gasteiger partial charge is 0.309 e. The van der Waals surface area contributed by atoms with Gasteiger partial charge in [0, 0.05) is 41.2 Å². The molecule has 0 radical (unpaired) electrons. The van der Waals surface area contributed by atoms with Crippen LogP contribution in [0.4, 0.5) is 4.39 Å². The molecule has 1 aromatic carbocycles. The van der Waals surface area contributed by atoms with Crippen molar-refractivity contribution in [3.8, 4) is 5.75 Å². The molecule has 2 N–H and O–H groups in total. The Morgan fingerprint density at radius 1 is 1.25 bits per heavy atom. The van der Waals surface area contributed by atoms with Crippen LogP contribution in [0.3, 0.4) is 0 Å². The van der Waals surface area contributed by atoms with Crippen molar-refractivity contribution in [2.24, 2.45) is 5.41 Å². The number of piperidine rings is 1. The van der Waals surface area contributed by atoms with Crippen molar-refractivity contribution in [2.45, 2.75) is 43.5 Å². The highest BCUT2D eigenvalue weighted by Gasteiger charge is 2.41. The van der Waals surface area contributed by atoms with E-state index >= 15 is 4.39 Å². The molecule has 192 valence electrons. The predicted octanol–water partition coefficient (Wildman–Crippen LogP) is 4.88. The van der Waals surface area contributed by atoms with Gasteiger partial charge in [0.15, 0.2) is 0 Å². The minimum atomic E-state index is -1.42. The number of pyridine rings is 2. The Labute approximate surface area is 214 Å². The number of benzene rings is 1. The number of alkyl halides is 1. The number of thioether (sulfide) groups is 1. The van der Waals surface area contributed by atoms with Gasteiger partial charge in [0.2, 0.25) is 0 Å². The molecule has 1 saturated heterocycles. The Balaban J connectivity index is 1.40. The molecular weight excluding hydrogens is 481 g/mol. The molecule has 2 aromatic heterocycles. The van der Waals surface area contributed by atoms with Gasteiger partial charge in [-0.2, -0.15) is 0 Å². The second-order valence-electron chi connectivity index (χ2n) is 9.19. The SMILES string of the molecule is COc1ccc2ncc(CO)c(C(F)CCC3(C(=O)O)CCN(CCSc4ccccn4)CC3)c2c1. The van der Waals surface area contributed by atoms with E-state index in [4.69, 9.17) is 4.74 Å². The van der Waals surface area contributed by atoms with Crippen LogP contribution in [0.25, 0.3) is 10.9 Å². The van der Waals surface area contributed by atoms with Crippen LogP contribution in [0.1, 0.15) is 43.0 Å². The quantitative estimate of drug-likeness (QED) is 0.350. The number of aromatic nitrogens is 2. The Bertz CT molecular complexity index is 1170. The summed E-state index contributed by atoms with van der Waals surface area (Å²) in [6.45, 7) is 1.85. The number of rotatable bonds is 11. The summed E-state index contributed by atoms with van der Waals surface area (Å²) >= 11 is 1.69. The van der Waals surface area contributed by atoms with Crippen molar-refractivity contribution in [3.05, 3.63) is 59.9 Å². The van der Waals surface area contributed by atoms with Gasteiger partial charge >= 0.3 is 5.97 Å². The third-order valence-corrected chi connectivity index (χ3v) is 8.05. The molecule has 36 heavy (non-hydrogen) atoms. The molecule has 1 fully saturated rings. The van der Waals surface area contributed by atoms with Crippen LogP contribution < -0.4 is 4.74 Å². The maximum atomic E-state index is 15.7. The Hall–Kier alpha value is -2.75. The lowest BCUT2D eigenvalue weighted by Crippen LogP contribution is -2.45. The van der Waals surface area contributed by atoms with Crippen LogP contribution in [0.2, 0.25) is 0 Å². The maximum Gasteiger partial charge on any atom is 0.309 e. The average Bonchev–Trinajstić information content (AvgIpc) is 2.92. The normalized spacial score (nSPS) is 16.6. The van der Waals surface area contributed by atoms with E-state index in [0.717, 1.165) is 17.3 Å². The van der Waals surface area contributed by atoms with Crippen LogP contribution in [-0.4, -0.2) is 63.5 Å². The van der Waals surface area contributed by atoms with Crippen LogP contribution in [-0.2, 0) is 11.4 Å². The summed E-state index contributed by atoms with van der Waals surface area (Å²) in [5.74, 6) is 0.593.